The summed E-state index contributed by atoms with van der Waals surface area (Å²) in [6.07, 6.45) is -4.60. The van der Waals surface area contributed by atoms with Crippen LogP contribution in [-0.4, -0.2) is 9.13 Å². The van der Waals surface area contributed by atoms with Gasteiger partial charge in [0.25, 0.3) is 5.56 Å². The van der Waals surface area contributed by atoms with Gasteiger partial charge in [-0.2, -0.15) is 18.4 Å². The van der Waals surface area contributed by atoms with Crippen LogP contribution in [0.3, 0.4) is 0 Å². The first-order valence-corrected chi connectivity index (χ1v) is 10.2. The minimum atomic E-state index is -4.60. The molecule has 0 amide bonds. The Hall–Kier alpha value is -4.38. The van der Waals surface area contributed by atoms with E-state index in [2.05, 4.69) is 0 Å². The fraction of sp³-hybridized carbons (Fsp3) is 0.115. The van der Waals surface area contributed by atoms with Crippen LogP contribution in [0.25, 0.3) is 27.9 Å². The summed E-state index contributed by atoms with van der Waals surface area (Å²) in [6.45, 7) is 1.51. The number of nitrogens with zero attached hydrogens (tertiary/aromatic N) is 3. The van der Waals surface area contributed by atoms with Crippen molar-refractivity contribution in [1.29, 1.82) is 5.26 Å². The molecule has 34 heavy (non-hydrogen) atoms. The first kappa shape index (κ1) is 22.8. The van der Waals surface area contributed by atoms with Crippen LogP contribution in [0.15, 0.2) is 82.4 Å². The molecule has 0 bridgehead atoms. The van der Waals surface area contributed by atoms with Gasteiger partial charge in [-0.25, -0.2) is 4.79 Å². The molecule has 4 aromatic rings. The highest BCUT2D eigenvalue weighted by Crippen LogP contribution is 2.34. The summed E-state index contributed by atoms with van der Waals surface area (Å²) in [4.78, 5) is 26.3. The Labute approximate surface area is 192 Å². The zero-order valence-corrected chi connectivity index (χ0v) is 18.2. The van der Waals surface area contributed by atoms with Crippen molar-refractivity contribution in [3.8, 4) is 34.0 Å². The number of benzene rings is 3. The molecule has 0 radical (unpaired) electrons. The molecule has 1 aromatic heterocycles. The predicted octanol–water partition coefficient (Wildman–Crippen LogP) is 5.07. The van der Waals surface area contributed by atoms with Crippen molar-refractivity contribution in [3.05, 3.63) is 110 Å². The van der Waals surface area contributed by atoms with Crippen LogP contribution in [0.1, 0.15) is 16.8 Å². The molecule has 8 heteroatoms. The molecular weight excluding hydrogens is 443 g/mol. The number of aromatic nitrogens is 2. The predicted molar refractivity (Wildman–Crippen MR) is 123 cm³/mol. The maximum absolute atomic E-state index is 13.3. The molecule has 5 nitrogen and oxygen atoms in total. The van der Waals surface area contributed by atoms with E-state index < -0.39 is 23.0 Å². The van der Waals surface area contributed by atoms with Crippen LogP contribution in [0.5, 0.6) is 0 Å². The lowest BCUT2D eigenvalue weighted by Crippen LogP contribution is -2.39. The molecule has 0 aliphatic carbocycles. The molecule has 1 heterocycles. The summed E-state index contributed by atoms with van der Waals surface area (Å²) in [7, 11) is 1.27. The van der Waals surface area contributed by atoms with E-state index in [-0.39, 0.29) is 16.9 Å². The molecule has 0 unspecified atom stereocenters. The Morgan fingerprint density at radius 1 is 0.882 bits per heavy atom. The van der Waals surface area contributed by atoms with Gasteiger partial charge < -0.3 is 0 Å². The van der Waals surface area contributed by atoms with Crippen molar-refractivity contribution >= 4 is 0 Å². The van der Waals surface area contributed by atoms with Crippen LogP contribution in [0.2, 0.25) is 0 Å². The summed E-state index contributed by atoms with van der Waals surface area (Å²) in [5.74, 6) is 0. The molecule has 0 N–H and O–H groups in total. The van der Waals surface area contributed by atoms with E-state index in [1.165, 1.54) is 26.1 Å². The highest BCUT2D eigenvalue weighted by atomic mass is 19.4. The molecule has 0 atom stereocenters. The SMILES string of the molecule is Cc1c(-c2cc(C#N)ccc2-c2ccccc2)c(=O)n(C)c(=O)n1-c1cccc(C(F)(F)F)c1. The summed E-state index contributed by atoms with van der Waals surface area (Å²) < 4.78 is 41.9. The molecule has 0 saturated heterocycles. The van der Waals surface area contributed by atoms with Crippen LogP contribution in [-0.2, 0) is 13.2 Å². The number of hydrogen-bond acceptors (Lipinski definition) is 3. The zero-order chi connectivity index (χ0) is 24.6. The second-order valence-corrected chi connectivity index (χ2v) is 7.73. The Bertz CT molecular complexity index is 1560. The second-order valence-electron chi connectivity index (χ2n) is 7.73. The van der Waals surface area contributed by atoms with Gasteiger partial charge in [-0.15, -0.1) is 0 Å². The summed E-state index contributed by atoms with van der Waals surface area (Å²) in [5.41, 5.74) is 0.0952. The number of hydrogen-bond donors (Lipinski definition) is 0. The number of alkyl halides is 3. The second kappa shape index (κ2) is 8.52. The Kier molecular flexibility index (Phi) is 5.71. The molecule has 0 saturated carbocycles. The molecule has 170 valence electrons. The third-order valence-corrected chi connectivity index (χ3v) is 5.63. The van der Waals surface area contributed by atoms with Crippen molar-refractivity contribution in [2.75, 3.05) is 0 Å². The van der Waals surface area contributed by atoms with Gasteiger partial charge in [0.05, 0.1) is 28.4 Å². The number of rotatable bonds is 3. The topological polar surface area (TPSA) is 67.8 Å². The fourth-order valence-electron chi connectivity index (χ4n) is 3.94. The third kappa shape index (κ3) is 3.92. The summed E-state index contributed by atoms with van der Waals surface area (Å²) in [5, 5.41) is 9.45. The van der Waals surface area contributed by atoms with Gasteiger partial charge in [0.1, 0.15) is 0 Å². The van der Waals surface area contributed by atoms with Gasteiger partial charge in [0, 0.05) is 12.7 Å². The van der Waals surface area contributed by atoms with Crippen molar-refractivity contribution in [2.45, 2.75) is 13.1 Å². The van der Waals surface area contributed by atoms with E-state index >= 15 is 0 Å². The lowest BCUT2D eigenvalue weighted by Gasteiger charge is -2.19. The molecule has 4 rings (SSSR count). The van der Waals surface area contributed by atoms with E-state index in [1.807, 2.05) is 36.4 Å². The van der Waals surface area contributed by atoms with E-state index in [0.717, 1.165) is 26.8 Å². The van der Waals surface area contributed by atoms with Crippen molar-refractivity contribution < 1.29 is 13.2 Å². The van der Waals surface area contributed by atoms with Gasteiger partial charge in [0.2, 0.25) is 0 Å². The lowest BCUT2D eigenvalue weighted by atomic mass is 9.92. The van der Waals surface area contributed by atoms with Crippen molar-refractivity contribution in [3.63, 3.8) is 0 Å². The molecular formula is C26H18F3N3O2. The Morgan fingerprint density at radius 3 is 2.24 bits per heavy atom. The van der Waals surface area contributed by atoms with Crippen molar-refractivity contribution in [1.82, 2.24) is 9.13 Å². The van der Waals surface area contributed by atoms with Gasteiger partial charge in [-0.1, -0.05) is 42.5 Å². The minimum Gasteiger partial charge on any atom is -0.268 e. The van der Waals surface area contributed by atoms with Gasteiger partial charge in [-0.05, 0) is 53.9 Å². The first-order valence-electron chi connectivity index (χ1n) is 10.2. The summed E-state index contributed by atoms with van der Waals surface area (Å²) in [6, 6.07) is 20.5. The minimum absolute atomic E-state index is 0.0214. The maximum Gasteiger partial charge on any atom is 0.416 e. The molecule has 0 fully saturated rings. The summed E-state index contributed by atoms with van der Waals surface area (Å²) >= 11 is 0. The first-order chi connectivity index (χ1) is 16.1. The maximum atomic E-state index is 13.3. The highest BCUT2D eigenvalue weighted by Gasteiger charge is 2.31. The average Bonchev–Trinajstić information content (AvgIpc) is 2.83. The third-order valence-electron chi connectivity index (χ3n) is 5.63. The van der Waals surface area contributed by atoms with Gasteiger partial charge in [0.15, 0.2) is 0 Å². The highest BCUT2D eigenvalue weighted by molar-refractivity contribution is 5.85. The van der Waals surface area contributed by atoms with E-state index in [4.69, 9.17) is 0 Å². The number of halogens is 3. The standard InChI is InChI=1S/C26H18F3N3O2/c1-16-23(22-13-17(15-30)11-12-21(22)18-7-4-3-5-8-18)24(33)31(2)25(34)32(16)20-10-6-9-19(14-20)26(27,28)29/h3-14H,1-2H3. The van der Waals surface area contributed by atoms with Crippen LogP contribution < -0.4 is 11.2 Å². The van der Waals surface area contributed by atoms with Crippen LogP contribution >= 0.6 is 0 Å². The Morgan fingerprint density at radius 2 is 1.59 bits per heavy atom. The average molecular weight is 461 g/mol. The Balaban J connectivity index is 2.09. The number of nitriles is 1. The normalized spacial score (nSPS) is 11.3. The quantitative estimate of drug-likeness (QED) is 0.428. The van der Waals surface area contributed by atoms with Gasteiger partial charge >= 0.3 is 11.9 Å². The zero-order valence-electron chi connectivity index (χ0n) is 18.2. The largest absolute Gasteiger partial charge is 0.416 e. The fourth-order valence-corrected chi connectivity index (χ4v) is 3.94. The van der Waals surface area contributed by atoms with E-state index in [9.17, 15) is 28.0 Å². The van der Waals surface area contributed by atoms with E-state index in [1.54, 1.807) is 18.2 Å². The monoisotopic (exact) mass is 461 g/mol. The molecule has 0 aliphatic rings. The van der Waals surface area contributed by atoms with Gasteiger partial charge in [-0.3, -0.25) is 13.9 Å². The van der Waals surface area contributed by atoms with Crippen molar-refractivity contribution in [2.24, 2.45) is 7.05 Å². The lowest BCUT2D eigenvalue weighted by molar-refractivity contribution is -0.137. The van der Waals surface area contributed by atoms with Crippen LogP contribution in [0.4, 0.5) is 13.2 Å². The molecule has 3 aromatic carbocycles. The van der Waals surface area contributed by atoms with E-state index in [0.29, 0.717) is 16.7 Å². The molecule has 0 aliphatic heterocycles. The van der Waals surface area contributed by atoms with Crippen LogP contribution in [0, 0.1) is 18.3 Å². The smallest absolute Gasteiger partial charge is 0.268 e. The molecule has 0 spiro atoms.